The van der Waals surface area contributed by atoms with Gasteiger partial charge in [0.2, 0.25) is 5.91 Å². The summed E-state index contributed by atoms with van der Waals surface area (Å²) in [7, 11) is 1.56. The van der Waals surface area contributed by atoms with Gasteiger partial charge in [0.25, 0.3) is 0 Å². The summed E-state index contributed by atoms with van der Waals surface area (Å²) < 4.78 is 5.17. The van der Waals surface area contributed by atoms with Crippen LogP contribution in [0.4, 0.5) is 5.69 Å². The first kappa shape index (κ1) is 14.3. The molecule has 2 rings (SSSR count). The molecule has 0 atom stereocenters. The Morgan fingerprint density at radius 2 is 2.05 bits per heavy atom. The number of para-hydroxylation sites is 2. The average Bonchev–Trinajstić information content (AvgIpc) is 2.46. The number of methoxy groups -OCH3 is 1. The minimum atomic E-state index is -0.122. The number of phenolic OH excluding ortho intramolecular Hbond substituents is 1. The van der Waals surface area contributed by atoms with Gasteiger partial charge < -0.3 is 15.2 Å². The number of amides is 1. The summed E-state index contributed by atoms with van der Waals surface area (Å²) in [4.78, 5) is 12.7. The topological polar surface area (TPSA) is 58.6 Å². The van der Waals surface area contributed by atoms with Crippen molar-refractivity contribution in [2.75, 3.05) is 18.2 Å². The van der Waals surface area contributed by atoms with Gasteiger partial charge in [-0.25, -0.2) is 0 Å². The number of anilines is 1. The maximum Gasteiger partial charge on any atom is 0.234 e. The monoisotopic (exact) mass is 289 g/mol. The van der Waals surface area contributed by atoms with Crippen molar-refractivity contribution in [3.63, 3.8) is 0 Å². The predicted molar refractivity (Wildman–Crippen MR) is 80.5 cm³/mol. The largest absolute Gasteiger partial charge is 0.508 e. The summed E-state index contributed by atoms with van der Waals surface area (Å²) in [6, 6.07) is 14.1. The first-order valence-corrected chi connectivity index (χ1v) is 7.02. The highest BCUT2D eigenvalue weighted by Crippen LogP contribution is 2.25. The number of phenols is 1. The molecule has 1 amide bonds. The van der Waals surface area contributed by atoms with Crippen LogP contribution in [-0.4, -0.2) is 23.9 Å². The molecule has 2 aromatic rings. The number of benzene rings is 2. The Balaban J connectivity index is 1.93. The van der Waals surface area contributed by atoms with E-state index in [0.29, 0.717) is 11.4 Å². The van der Waals surface area contributed by atoms with Crippen molar-refractivity contribution in [1.29, 1.82) is 0 Å². The third-order valence-electron chi connectivity index (χ3n) is 2.57. The van der Waals surface area contributed by atoms with Gasteiger partial charge in [-0.3, -0.25) is 4.79 Å². The molecule has 0 saturated carbocycles. The highest BCUT2D eigenvalue weighted by Gasteiger charge is 2.07. The SMILES string of the molecule is COc1ccccc1NC(=O)CSc1cccc(O)c1. The van der Waals surface area contributed by atoms with Gasteiger partial charge in [-0.2, -0.15) is 0 Å². The summed E-state index contributed by atoms with van der Waals surface area (Å²) in [5.74, 6) is 0.966. The van der Waals surface area contributed by atoms with Crippen molar-refractivity contribution in [2.45, 2.75) is 4.90 Å². The average molecular weight is 289 g/mol. The Morgan fingerprint density at radius 1 is 1.25 bits per heavy atom. The number of aromatic hydroxyl groups is 1. The van der Waals surface area contributed by atoms with Crippen LogP contribution in [0.1, 0.15) is 0 Å². The number of carbonyl (C=O) groups is 1. The minimum Gasteiger partial charge on any atom is -0.508 e. The molecular weight excluding hydrogens is 274 g/mol. The molecule has 0 fully saturated rings. The number of carbonyl (C=O) groups excluding carboxylic acids is 1. The molecule has 0 heterocycles. The van der Waals surface area contributed by atoms with Crippen molar-refractivity contribution >= 4 is 23.4 Å². The van der Waals surface area contributed by atoms with Crippen LogP contribution in [0.25, 0.3) is 0 Å². The summed E-state index contributed by atoms with van der Waals surface area (Å²) in [5, 5.41) is 12.2. The molecule has 0 aliphatic rings. The minimum absolute atomic E-state index is 0.122. The molecule has 0 radical (unpaired) electrons. The van der Waals surface area contributed by atoms with Gasteiger partial charge in [0.1, 0.15) is 11.5 Å². The number of rotatable bonds is 5. The fourth-order valence-electron chi connectivity index (χ4n) is 1.66. The summed E-state index contributed by atoms with van der Waals surface area (Å²) in [6.07, 6.45) is 0. The number of ether oxygens (including phenoxy) is 1. The fourth-order valence-corrected chi connectivity index (χ4v) is 2.41. The van der Waals surface area contributed by atoms with E-state index in [1.807, 2.05) is 18.2 Å². The molecule has 20 heavy (non-hydrogen) atoms. The lowest BCUT2D eigenvalue weighted by molar-refractivity contribution is -0.113. The summed E-state index contributed by atoms with van der Waals surface area (Å²) in [6.45, 7) is 0. The molecule has 0 unspecified atom stereocenters. The molecule has 0 bridgehead atoms. The van der Waals surface area contributed by atoms with Crippen LogP contribution in [0.3, 0.4) is 0 Å². The maximum absolute atomic E-state index is 11.9. The van der Waals surface area contributed by atoms with E-state index in [9.17, 15) is 9.90 Å². The van der Waals surface area contributed by atoms with Gasteiger partial charge >= 0.3 is 0 Å². The van der Waals surface area contributed by atoms with Crippen molar-refractivity contribution in [1.82, 2.24) is 0 Å². The Morgan fingerprint density at radius 3 is 2.80 bits per heavy atom. The number of nitrogens with one attached hydrogen (secondary N) is 1. The fraction of sp³-hybridized carbons (Fsp3) is 0.133. The molecular formula is C15H15NO3S. The standard InChI is InChI=1S/C15H15NO3S/c1-19-14-8-3-2-7-13(14)16-15(18)10-20-12-6-4-5-11(17)9-12/h2-9,17H,10H2,1H3,(H,16,18). The molecule has 104 valence electrons. The van der Waals surface area contributed by atoms with Gasteiger partial charge in [-0.05, 0) is 30.3 Å². The third kappa shape index (κ3) is 3.93. The Kier molecular flexibility index (Phi) is 4.90. The number of hydrogen-bond donors (Lipinski definition) is 2. The Labute approximate surface area is 121 Å². The zero-order valence-corrected chi connectivity index (χ0v) is 11.8. The zero-order chi connectivity index (χ0) is 14.4. The van der Waals surface area contributed by atoms with E-state index in [1.54, 1.807) is 37.4 Å². The molecule has 5 heteroatoms. The normalized spacial score (nSPS) is 10.1. The van der Waals surface area contributed by atoms with E-state index in [2.05, 4.69) is 5.32 Å². The Hall–Kier alpha value is -2.14. The predicted octanol–water partition coefficient (Wildman–Crippen LogP) is 3.13. The second-order valence-corrected chi connectivity index (χ2v) is 5.08. The lowest BCUT2D eigenvalue weighted by Crippen LogP contribution is -2.14. The van der Waals surface area contributed by atoms with Crippen molar-refractivity contribution < 1.29 is 14.6 Å². The molecule has 0 spiro atoms. The second-order valence-electron chi connectivity index (χ2n) is 4.03. The zero-order valence-electron chi connectivity index (χ0n) is 11.0. The first-order chi connectivity index (χ1) is 9.69. The summed E-state index contributed by atoms with van der Waals surface area (Å²) in [5.41, 5.74) is 0.650. The lowest BCUT2D eigenvalue weighted by Gasteiger charge is -2.09. The molecule has 2 N–H and O–H groups in total. The summed E-state index contributed by atoms with van der Waals surface area (Å²) >= 11 is 1.36. The van der Waals surface area contributed by atoms with E-state index in [4.69, 9.17) is 4.74 Å². The quantitative estimate of drug-likeness (QED) is 0.830. The van der Waals surface area contributed by atoms with Crippen LogP contribution >= 0.6 is 11.8 Å². The molecule has 0 aliphatic carbocycles. The smallest absolute Gasteiger partial charge is 0.234 e. The molecule has 0 aromatic heterocycles. The maximum atomic E-state index is 11.9. The van der Waals surface area contributed by atoms with Crippen LogP contribution in [-0.2, 0) is 4.79 Å². The highest BCUT2D eigenvalue weighted by atomic mass is 32.2. The lowest BCUT2D eigenvalue weighted by atomic mass is 10.3. The van der Waals surface area contributed by atoms with Gasteiger partial charge in [0.15, 0.2) is 0 Å². The van der Waals surface area contributed by atoms with E-state index in [-0.39, 0.29) is 17.4 Å². The van der Waals surface area contributed by atoms with Gasteiger partial charge in [0.05, 0.1) is 18.6 Å². The van der Waals surface area contributed by atoms with Crippen LogP contribution in [0.5, 0.6) is 11.5 Å². The number of hydrogen-bond acceptors (Lipinski definition) is 4. The van der Waals surface area contributed by atoms with Crippen LogP contribution < -0.4 is 10.1 Å². The molecule has 0 saturated heterocycles. The van der Waals surface area contributed by atoms with Crippen LogP contribution in [0.2, 0.25) is 0 Å². The van der Waals surface area contributed by atoms with Crippen molar-refractivity contribution in [2.24, 2.45) is 0 Å². The first-order valence-electron chi connectivity index (χ1n) is 6.04. The van der Waals surface area contributed by atoms with E-state index in [0.717, 1.165) is 4.90 Å². The third-order valence-corrected chi connectivity index (χ3v) is 3.56. The molecule has 4 nitrogen and oxygen atoms in total. The van der Waals surface area contributed by atoms with Gasteiger partial charge in [0, 0.05) is 4.90 Å². The Bertz CT molecular complexity index is 601. The number of thioether (sulfide) groups is 1. The van der Waals surface area contributed by atoms with Crippen LogP contribution in [0, 0.1) is 0 Å². The second kappa shape index (κ2) is 6.86. The molecule has 2 aromatic carbocycles. The van der Waals surface area contributed by atoms with Crippen LogP contribution in [0.15, 0.2) is 53.4 Å². The van der Waals surface area contributed by atoms with Crippen molar-refractivity contribution in [3.05, 3.63) is 48.5 Å². The van der Waals surface area contributed by atoms with Gasteiger partial charge in [-0.1, -0.05) is 18.2 Å². The van der Waals surface area contributed by atoms with Crippen molar-refractivity contribution in [3.8, 4) is 11.5 Å². The van der Waals surface area contributed by atoms with Gasteiger partial charge in [-0.15, -0.1) is 11.8 Å². The molecule has 0 aliphatic heterocycles. The highest BCUT2D eigenvalue weighted by molar-refractivity contribution is 8.00. The van der Waals surface area contributed by atoms with E-state index < -0.39 is 0 Å². The van der Waals surface area contributed by atoms with E-state index >= 15 is 0 Å². The van der Waals surface area contributed by atoms with E-state index in [1.165, 1.54) is 11.8 Å².